The van der Waals surface area contributed by atoms with Gasteiger partial charge in [0.05, 0.1) is 7.11 Å². The van der Waals surface area contributed by atoms with Crippen LogP contribution in [0.15, 0.2) is 0 Å². The molecule has 1 saturated heterocycles. The molecule has 2 aliphatic rings. The summed E-state index contributed by atoms with van der Waals surface area (Å²) in [5, 5.41) is 0. The lowest BCUT2D eigenvalue weighted by Gasteiger charge is -2.41. The third-order valence-electron chi connectivity index (χ3n) is 5.45. The van der Waals surface area contributed by atoms with Crippen molar-refractivity contribution in [1.29, 1.82) is 0 Å². The topological polar surface area (TPSA) is 55.6 Å². The van der Waals surface area contributed by atoms with Crippen molar-refractivity contribution in [2.24, 2.45) is 17.6 Å². The van der Waals surface area contributed by atoms with Gasteiger partial charge in [0, 0.05) is 6.54 Å². The summed E-state index contributed by atoms with van der Waals surface area (Å²) in [4.78, 5) is 14.2. The van der Waals surface area contributed by atoms with Gasteiger partial charge >= 0.3 is 5.97 Å². The third-order valence-corrected chi connectivity index (χ3v) is 5.45. The molecule has 0 aromatic heterocycles. The monoisotopic (exact) mass is 296 g/mol. The van der Waals surface area contributed by atoms with E-state index in [1.807, 2.05) is 0 Å². The molecule has 2 rings (SSSR count). The van der Waals surface area contributed by atoms with E-state index < -0.39 is 5.54 Å². The number of methoxy groups -OCH3 is 1. The maximum atomic E-state index is 11.5. The van der Waals surface area contributed by atoms with Crippen molar-refractivity contribution in [3.05, 3.63) is 0 Å². The van der Waals surface area contributed by atoms with Crippen LogP contribution in [0, 0.1) is 11.8 Å². The summed E-state index contributed by atoms with van der Waals surface area (Å²) >= 11 is 0. The van der Waals surface area contributed by atoms with Crippen molar-refractivity contribution < 1.29 is 9.53 Å². The van der Waals surface area contributed by atoms with Crippen LogP contribution in [0.3, 0.4) is 0 Å². The van der Waals surface area contributed by atoms with Crippen LogP contribution in [0.2, 0.25) is 0 Å². The van der Waals surface area contributed by atoms with E-state index >= 15 is 0 Å². The first-order valence-corrected chi connectivity index (χ1v) is 8.62. The Morgan fingerprint density at radius 3 is 2.67 bits per heavy atom. The van der Waals surface area contributed by atoms with Crippen LogP contribution in [0.4, 0.5) is 0 Å². The van der Waals surface area contributed by atoms with Gasteiger partial charge in [-0.15, -0.1) is 0 Å². The van der Waals surface area contributed by atoms with Crippen LogP contribution in [-0.4, -0.2) is 43.2 Å². The van der Waals surface area contributed by atoms with Crippen LogP contribution in [-0.2, 0) is 9.53 Å². The fraction of sp³-hybridized carbons (Fsp3) is 0.941. The van der Waals surface area contributed by atoms with Crippen molar-refractivity contribution in [2.45, 2.75) is 63.8 Å². The second kappa shape index (κ2) is 7.59. The molecule has 1 aliphatic carbocycles. The summed E-state index contributed by atoms with van der Waals surface area (Å²) in [5.41, 5.74) is 5.16. The molecule has 21 heavy (non-hydrogen) atoms. The number of hydrogen-bond acceptors (Lipinski definition) is 4. The minimum Gasteiger partial charge on any atom is -0.468 e. The molecule has 4 nitrogen and oxygen atoms in total. The summed E-state index contributed by atoms with van der Waals surface area (Å²) in [7, 11) is 1.40. The Morgan fingerprint density at radius 1 is 1.24 bits per heavy atom. The predicted molar refractivity (Wildman–Crippen MR) is 85.0 cm³/mol. The SMILES string of the molecule is COC(=O)C(C)(N)CCCCN1CCC2CCCCC2C1. The number of esters is 1. The minimum absolute atomic E-state index is 0.300. The average Bonchev–Trinajstić information content (AvgIpc) is 2.50. The number of rotatable bonds is 6. The zero-order valence-electron chi connectivity index (χ0n) is 13.8. The Morgan fingerprint density at radius 2 is 1.95 bits per heavy atom. The molecule has 0 aromatic rings. The molecule has 0 radical (unpaired) electrons. The fourth-order valence-electron chi connectivity index (χ4n) is 4.04. The summed E-state index contributed by atoms with van der Waals surface area (Å²) in [6, 6.07) is 0. The van der Waals surface area contributed by atoms with E-state index in [4.69, 9.17) is 10.5 Å². The van der Waals surface area contributed by atoms with Gasteiger partial charge in [-0.2, -0.15) is 0 Å². The fourth-order valence-corrected chi connectivity index (χ4v) is 4.04. The zero-order valence-corrected chi connectivity index (χ0v) is 13.8. The van der Waals surface area contributed by atoms with Crippen molar-refractivity contribution >= 4 is 5.97 Å². The lowest BCUT2D eigenvalue weighted by Crippen LogP contribution is -2.46. The Kier molecular flexibility index (Phi) is 6.06. The Balaban J connectivity index is 1.64. The molecule has 3 atom stereocenters. The second-order valence-electron chi connectivity index (χ2n) is 7.26. The molecule has 3 unspecified atom stereocenters. The smallest absolute Gasteiger partial charge is 0.325 e. The molecule has 1 heterocycles. The highest BCUT2D eigenvalue weighted by molar-refractivity contribution is 5.79. The Bertz CT molecular complexity index is 344. The van der Waals surface area contributed by atoms with Gasteiger partial charge in [0.15, 0.2) is 0 Å². The Labute approximate surface area is 129 Å². The largest absolute Gasteiger partial charge is 0.468 e. The number of hydrogen-bond donors (Lipinski definition) is 1. The maximum Gasteiger partial charge on any atom is 0.325 e. The van der Waals surface area contributed by atoms with Crippen LogP contribution in [0.5, 0.6) is 0 Å². The number of carbonyl (C=O) groups excluding carboxylic acids is 1. The molecule has 4 heteroatoms. The molecule has 1 saturated carbocycles. The van der Waals surface area contributed by atoms with Gasteiger partial charge < -0.3 is 15.4 Å². The first kappa shape index (κ1) is 16.8. The van der Waals surface area contributed by atoms with E-state index in [1.165, 1.54) is 52.3 Å². The number of piperidine rings is 1. The van der Waals surface area contributed by atoms with Gasteiger partial charge in [0.25, 0.3) is 0 Å². The van der Waals surface area contributed by atoms with E-state index in [0.717, 1.165) is 31.2 Å². The highest BCUT2D eigenvalue weighted by Gasteiger charge is 2.31. The molecule has 122 valence electrons. The predicted octanol–water partition coefficient (Wildman–Crippen LogP) is 2.56. The maximum absolute atomic E-state index is 11.5. The van der Waals surface area contributed by atoms with Crippen molar-refractivity contribution in [1.82, 2.24) is 4.90 Å². The first-order chi connectivity index (χ1) is 10.0. The lowest BCUT2D eigenvalue weighted by atomic mass is 9.75. The number of nitrogens with two attached hydrogens (primary N) is 1. The summed E-state index contributed by atoms with van der Waals surface area (Å²) < 4.78 is 4.75. The highest BCUT2D eigenvalue weighted by Crippen LogP contribution is 2.36. The van der Waals surface area contributed by atoms with Gasteiger partial charge in [0.1, 0.15) is 5.54 Å². The number of carbonyl (C=O) groups is 1. The van der Waals surface area contributed by atoms with Crippen LogP contribution >= 0.6 is 0 Å². The molecule has 0 bridgehead atoms. The molecule has 0 spiro atoms. The second-order valence-corrected chi connectivity index (χ2v) is 7.26. The van der Waals surface area contributed by atoms with Crippen molar-refractivity contribution in [2.75, 3.05) is 26.7 Å². The Hall–Kier alpha value is -0.610. The lowest BCUT2D eigenvalue weighted by molar-refractivity contribution is -0.146. The average molecular weight is 296 g/mol. The van der Waals surface area contributed by atoms with Crippen molar-refractivity contribution in [3.63, 3.8) is 0 Å². The van der Waals surface area contributed by atoms with Crippen molar-refractivity contribution in [3.8, 4) is 0 Å². The van der Waals surface area contributed by atoms with E-state index in [-0.39, 0.29) is 5.97 Å². The van der Waals surface area contributed by atoms with Gasteiger partial charge in [-0.1, -0.05) is 19.3 Å². The normalized spacial score (nSPS) is 29.5. The van der Waals surface area contributed by atoms with E-state index in [0.29, 0.717) is 6.42 Å². The molecule has 0 aromatic carbocycles. The molecular formula is C17H32N2O2. The minimum atomic E-state index is -0.828. The summed E-state index contributed by atoms with van der Waals surface area (Å²) in [5.74, 6) is 1.65. The molecule has 1 aliphatic heterocycles. The van der Waals surface area contributed by atoms with Gasteiger partial charge in [-0.05, 0) is 64.0 Å². The highest BCUT2D eigenvalue weighted by atomic mass is 16.5. The van der Waals surface area contributed by atoms with E-state index in [1.54, 1.807) is 6.92 Å². The van der Waals surface area contributed by atoms with Gasteiger partial charge in [-0.3, -0.25) is 4.79 Å². The summed E-state index contributed by atoms with van der Waals surface area (Å²) in [6.07, 6.45) is 9.99. The number of ether oxygens (including phenoxy) is 1. The number of fused-ring (bicyclic) bond motifs is 1. The number of nitrogens with zero attached hydrogens (tertiary/aromatic N) is 1. The van der Waals surface area contributed by atoms with Crippen LogP contribution < -0.4 is 5.73 Å². The summed E-state index contributed by atoms with van der Waals surface area (Å²) in [6.45, 7) is 5.48. The molecule has 2 N–H and O–H groups in total. The van der Waals surface area contributed by atoms with E-state index in [2.05, 4.69) is 4.90 Å². The van der Waals surface area contributed by atoms with Crippen LogP contribution in [0.25, 0.3) is 0 Å². The third kappa shape index (κ3) is 4.68. The number of unbranched alkanes of at least 4 members (excludes halogenated alkanes) is 1. The first-order valence-electron chi connectivity index (χ1n) is 8.62. The van der Waals surface area contributed by atoms with Crippen LogP contribution in [0.1, 0.15) is 58.3 Å². The molecule has 2 fully saturated rings. The zero-order chi connectivity index (χ0) is 15.3. The standard InChI is InChI=1S/C17H32N2O2/c1-17(18,16(20)21-2)10-5-6-11-19-12-9-14-7-3-4-8-15(14)13-19/h14-15H,3-13,18H2,1-2H3. The van der Waals surface area contributed by atoms with Gasteiger partial charge in [0.2, 0.25) is 0 Å². The number of likely N-dealkylation sites (tertiary alicyclic amines) is 1. The molecular weight excluding hydrogens is 264 g/mol. The quantitative estimate of drug-likeness (QED) is 0.604. The molecule has 0 amide bonds. The van der Waals surface area contributed by atoms with E-state index in [9.17, 15) is 4.79 Å². The van der Waals surface area contributed by atoms with Gasteiger partial charge in [-0.25, -0.2) is 0 Å².